The van der Waals surface area contributed by atoms with Gasteiger partial charge in [-0.15, -0.1) is 0 Å². The Hall–Kier alpha value is -3.14. The molecule has 1 fully saturated rings. The van der Waals surface area contributed by atoms with E-state index in [0.29, 0.717) is 30.8 Å². The highest BCUT2D eigenvalue weighted by molar-refractivity contribution is 6.03. The summed E-state index contributed by atoms with van der Waals surface area (Å²) >= 11 is 0. The van der Waals surface area contributed by atoms with Gasteiger partial charge in [-0.2, -0.15) is 13.2 Å². The van der Waals surface area contributed by atoms with E-state index in [4.69, 9.17) is 4.74 Å². The van der Waals surface area contributed by atoms with E-state index in [9.17, 15) is 23.1 Å². The highest BCUT2D eigenvalue weighted by atomic mass is 19.4. The second kappa shape index (κ2) is 7.60. The van der Waals surface area contributed by atoms with Crippen LogP contribution in [0.2, 0.25) is 0 Å². The van der Waals surface area contributed by atoms with Crippen LogP contribution in [-0.2, 0) is 6.18 Å². The number of pyridine rings is 2. The zero-order valence-corrected chi connectivity index (χ0v) is 16.0. The maximum Gasteiger partial charge on any atom is 0.433 e. The lowest BCUT2D eigenvalue weighted by atomic mass is 9.80. The largest absolute Gasteiger partial charge is 0.491 e. The first kappa shape index (κ1) is 20.1. The van der Waals surface area contributed by atoms with Gasteiger partial charge in [-0.1, -0.05) is 6.07 Å². The van der Waals surface area contributed by atoms with Gasteiger partial charge in [0.2, 0.25) is 0 Å². The fourth-order valence-corrected chi connectivity index (χ4v) is 3.34. The molecule has 3 aromatic heterocycles. The summed E-state index contributed by atoms with van der Waals surface area (Å²) in [4.78, 5) is 20.5. The third kappa shape index (κ3) is 3.95. The first-order chi connectivity index (χ1) is 14.2. The lowest BCUT2D eigenvalue weighted by molar-refractivity contribution is -0.141. The van der Waals surface area contributed by atoms with Gasteiger partial charge in [0.15, 0.2) is 0 Å². The minimum Gasteiger partial charge on any atom is -0.491 e. The van der Waals surface area contributed by atoms with E-state index in [1.54, 1.807) is 29.8 Å². The number of rotatable bonds is 5. The molecule has 4 rings (SSSR count). The van der Waals surface area contributed by atoms with Gasteiger partial charge in [0, 0.05) is 24.4 Å². The Kier molecular flexibility index (Phi) is 5.10. The van der Waals surface area contributed by atoms with Crippen molar-refractivity contribution in [1.29, 1.82) is 0 Å². The smallest absolute Gasteiger partial charge is 0.433 e. The molecule has 10 heteroatoms. The molecule has 158 valence electrons. The number of imidazole rings is 1. The summed E-state index contributed by atoms with van der Waals surface area (Å²) in [5, 5.41) is 12.1. The molecule has 0 saturated heterocycles. The molecule has 3 heterocycles. The number of aliphatic hydroxyl groups excluding tert-OH is 1. The minimum atomic E-state index is -4.64. The number of aliphatic hydroxyl groups is 1. The number of ether oxygens (including phenoxy) is 1. The third-order valence-corrected chi connectivity index (χ3v) is 4.93. The number of hydrogen-bond donors (Lipinski definition) is 2. The molecular weight excluding hydrogens is 401 g/mol. The topological polar surface area (TPSA) is 88.8 Å². The molecule has 30 heavy (non-hydrogen) atoms. The van der Waals surface area contributed by atoms with Crippen LogP contribution < -0.4 is 10.1 Å². The van der Waals surface area contributed by atoms with Crippen LogP contribution in [0.25, 0.3) is 5.65 Å². The molecule has 0 spiro atoms. The number of anilines is 1. The Morgan fingerprint density at radius 3 is 2.73 bits per heavy atom. The zero-order chi connectivity index (χ0) is 21.5. The van der Waals surface area contributed by atoms with Crippen LogP contribution in [-0.4, -0.2) is 38.1 Å². The Labute approximate surface area is 169 Å². The number of nitrogens with zero attached hydrogens (tertiary/aromatic N) is 3. The number of fused-ring (bicyclic) bond motifs is 1. The standard InChI is InChI=1S/C20H19F3N4O3/c1-2-30-16-8-18-25-14(11-6-12(28)7-11)9-27(18)10-15(16)26-19(29)13-4-3-5-17(24-13)20(21,22)23/h3-5,8-12,28H,2,6-7H2,1H3,(H,26,29)/t11-,12-. The summed E-state index contributed by atoms with van der Waals surface area (Å²) in [7, 11) is 0. The monoisotopic (exact) mass is 420 g/mol. The Morgan fingerprint density at radius 2 is 2.07 bits per heavy atom. The van der Waals surface area contributed by atoms with Gasteiger partial charge >= 0.3 is 6.18 Å². The molecule has 2 N–H and O–H groups in total. The molecule has 0 atom stereocenters. The lowest BCUT2D eigenvalue weighted by Crippen LogP contribution is -2.26. The SMILES string of the molecule is CCOc1cc2nc([C@H]3C[C@H](O)C3)cn2cc1NC(=O)c1cccc(C(F)(F)F)n1. The predicted octanol–water partition coefficient (Wildman–Crippen LogP) is 3.64. The van der Waals surface area contributed by atoms with Crippen LogP contribution in [0.15, 0.2) is 36.7 Å². The van der Waals surface area contributed by atoms with Gasteiger partial charge in [-0.25, -0.2) is 9.97 Å². The predicted molar refractivity (Wildman–Crippen MR) is 102 cm³/mol. The van der Waals surface area contributed by atoms with Gasteiger partial charge in [0.1, 0.15) is 28.5 Å². The number of amides is 1. The van der Waals surface area contributed by atoms with Crippen LogP contribution in [0.5, 0.6) is 5.75 Å². The molecule has 0 aromatic carbocycles. The highest BCUT2D eigenvalue weighted by Crippen LogP contribution is 2.37. The van der Waals surface area contributed by atoms with Crippen molar-refractivity contribution in [2.75, 3.05) is 11.9 Å². The van der Waals surface area contributed by atoms with Crippen LogP contribution in [0, 0.1) is 0 Å². The van der Waals surface area contributed by atoms with Crippen molar-refractivity contribution < 1.29 is 27.8 Å². The summed E-state index contributed by atoms with van der Waals surface area (Å²) < 4.78 is 45.9. The quantitative estimate of drug-likeness (QED) is 0.658. The minimum absolute atomic E-state index is 0.169. The molecule has 7 nitrogen and oxygen atoms in total. The van der Waals surface area contributed by atoms with Gasteiger partial charge in [-0.05, 0) is 31.9 Å². The van der Waals surface area contributed by atoms with E-state index in [2.05, 4.69) is 15.3 Å². The van der Waals surface area contributed by atoms with E-state index in [1.807, 2.05) is 0 Å². The zero-order valence-electron chi connectivity index (χ0n) is 16.0. The molecule has 3 aromatic rings. The highest BCUT2D eigenvalue weighted by Gasteiger charge is 2.33. The summed E-state index contributed by atoms with van der Waals surface area (Å²) in [6.07, 6.45) is -0.265. The summed E-state index contributed by atoms with van der Waals surface area (Å²) in [6, 6.07) is 4.80. The van der Waals surface area contributed by atoms with Gasteiger partial charge < -0.3 is 19.6 Å². The van der Waals surface area contributed by atoms with E-state index < -0.39 is 17.8 Å². The second-order valence-corrected chi connectivity index (χ2v) is 7.10. The van der Waals surface area contributed by atoms with Crippen molar-refractivity contribution in [2.24, 2.45) is 0 Å². The first-order valence-corrected chi connectivity index (χ1v) is 9.43. The summed E-state index contributed by atoms with van der Waals surface area (Å²) in [5.74, 6) is -0.275. The molecule has 0 radical (unpaired) electrons. The normalized spacial score (nSPS) is 18.8. The van der Waals surface area contributed by atoms with E-state index in [-0.39, 0.29) is 23.4 Å². The Balaban J connectivity index is 1.63. The molecule has 1 saturated carbocycles. The van der Waals surface area contributed by atoms with Crippen LogP contribution in [0.4, 0.5) is 18.9 Å². The number of aromatic nitrogens is 3. The Bertz CT molecular complexity index is 1090. The van der Waals surface area contributed by atoms with Gasteiger partial charge in [-0.3, -0.25) is 4.79 Å². The molecule has 0 bridgehead atoms. The molecule has 0 unspecified atom stereocenters. The average Bonchev–Trinajstić information content (AvgIpc) is 3.07. The molecule has 1 aliphatic rings. The molecule has 0 aliphatic heterocycles. The van der Waals surface area contributed by atoms with Crippen molar-refractivity contribution in [1.82, 2.24) is 14.4 Å². The summed E-state index contributed by atoms with van der Waals surface area (Å²) in [5.41, 5.74) is 0.210. The second-order valence-electron chi connectivity index (χ2n) is 7.10. The number of hydrogen-bond acceptors (Lipinski definition) is 5. The number of alkyl halides is 3. The van der Waals surface area contributed by atoms with Crippen molar-refractivity contribution >= 4 is 17.2 Å². The van der Waals surface area contributed by atoms with Gasteiger partial charge in [0.25, 0.3) is 5.91 Å². The van der Waals surface area contributed by atoms with Crippen molar-refractivity contribution in [3.63, 3.8) is 0 Å². The maximum absolute atomic E-state index is 12.9. The number of halogens is 3. The Morgan fingerprint density at radius 1 is 1.30 bits per heavy atom. The lowest BCUT2D eigenvalue weighted by Gasteiger charge is -2.29. The third-order valence-electron chi connectivity index (χ3n) is 4.93. The van der Waals surface area contributed by atoms with E-state index in [0.717, 1.165) is 17.8 Å². The van der Waals surface area contributed by atoms with Crippen LogP contribution >= 0.6 is 0 Å². The van der Waals surface area contributed by atoms with Crippen LogP contribution in [0.3, 0.4) is 0 Å². The molecule has 1 aliphatic carbocycles. The van der Waals surface area contributed by atoms with E-state index >= 15 is 0 Å². The van der Waals surface area contributed by atoms with Crippen molar-refractivity contribution in [3.05, 3.63) is 53.7 Å². The van der Waals surface area contributed by atoms with Gasteiger partial charge in [0.05, 0.1) is 18.4 Å². The van der Waals surface area contributed by atoms with Crippen molar-refractivity contribution in [2.45, 2.75) is 38.0 Å². The fourth-order valence-electron chi connectivity index (χ4n) is 3.34. The molecule has 1 amide bonds. The summed E-state index contributed by atoms with van der Waals surface area (Å²) in [6.45, 7) is 2.10. The molecular formula is C20H19F3N4O3. The maximum atomic E-state index is 12.9. The van der Waals surface area contributed by atoms with E-state index in [1.165, 1.54) is 6.07 Å². The fraction of sp³-hybridized carbons (Fsp3) is 0.350. The number of carbonyl (C=O) groups excluding carboxylic acids is 1. The average molecular weight is 420 g/mol. The van der Waals surface area contributed by atoms with Crippen LogP contribution in [0.1, 0.15) is 47.6 Å². The first-order valence-electron chi connectivity index (χ1n) is 9.43. The number of nitrogens with one attached hydrogen (secondary N) is 1. The number of carbonyl (C=O) groups is 1. The van der Waals surface area contributed by atoms with Crippen molar-refractivity contribution in [3.8, 4) is 5.75 Å².